The van der Waals surface area contributed by atoms with Crippen LogP contribution >= 0.6 is 23.4 Å². The van der Waals surface area contributed by atoms with Crippen LogP contribution in [0, 0.1) is 17.6 Å². The van der Waals surface area contributed by atoms with Gasteiger partial charge < -0.3 is 11.1 Å². The fourth-order valence-corrected chi connectivity index (χ4v) is 5.22. The van der Waals surface area contributed by atoms with E-state index in [0.29, 0.717) is 22.5 Å². The van der Waals surface area contributed by atoms with Crippen LogP contribution in [0.2, 0.25) is 5.02 Å². The lowest BCUT2D eigenvalue weighted by Gasteiger charge is -2.31. The van der Waals surface area contributed by atoms with Gasteiger partial charge in [0.05, 0.1) is 10.5 Å². The number of aliphatic imine (C=N–C) groups is 1. The second-order valence-electron chi connectivity index (χ2n) is 7.19. The number of nitrogens with one attached hydrogen (secondary N) is 1. The molecule has 3 atom stereocenters. The fourth-order valence-electron chi connectivity index (χ4n) is 3.85. The van der Waals surface area contributed by atoms with E-state index in [9.17, 15) is 13.2 Å². The van der Waals surface area contributed by atoms with Crippen molar-refractivity contribution in [2.24, 2.45) is 16.6 Å². The van der Waals surface area contributed by atoms with Gasteiger partial charge in [0.2, 0.25) is 0 Å². The number of alkyl halides is 1. The molecule has 3 aromatic rings. The second kappa shape index (κ2) is 6.98. The molecule has 3 heterocycles. The van der Waals surface area contributed by atoms with Crippen LogP contribution in [0.15, 0.2) is 35.7 Å². The Morgan fingerprint density at radius 1 is 1.23 bits per heavy atom. The van der Waals surface area contributed by atoms with Crippen LogP contribution in [0.3, 0.4) is 0 Å². The van der Waals surface area contributed by atoms with E-state index in [1.807, 2.05) is 0 Å². The number of hydrogen-bond donors (Lipinski definition) is 2. The van der Waals surface area contributed by atoms with Gasteiger partial charge in [-0.3, -0.25) is 0 Å². The summed E-state index contributed by atoms with van der Waals surface area (Å²) < 4.78 is 43.6. The normalized spacial score (nSPS) is 25.0. The molecule has 0 spiro atoms. The first-order valence-electron chi connectivity index (χ1n) is 9.02. The molecule has 2 aliphatic rings. The number of pyridine rings is 1. The Morgan fingerprint density at radius 2 is 2.07 bits per heavy atom. The molecule has 11 heteroatoms. The Kier molecular flexibility index (Phi) is 4.51. The van der Waals surface area contributed by atoms with E-state index in [-0.39, 0.29) is 33.4 Å². The fraction of sp³-hybridized carbons (Fsp3) is 0.263. The summed E-state index contributed by atoms with van der Waals surface area (Å²) in [5.41, 5.74) is 5.19. The highest BCUT2D eigenvalue weighted by Gasteiger charge is 2.58. The number of nitrogens with two attached hydrogens (primary N) is 1. The zero-order valence-corrected chi connectivity index (χ0v) is 16.8. The minimum absolute atomic E-state index is 0.0529. The van der Waals surface area contributed by atoms with Crippen LogP contribution in [-0.4, -0.2) is 32.0 Å². The zero-order valence-electron chi connectivity index (χ0n) is 15.2. The molecule has 1 fully saturated rings. The maximum atomic E-state index is 14.8. The monoisotopic (exact) mass is 450 g/mol. The van der Waals surface area contributed by atoms with Gasteiger partial charge in [0.1, 0.15) is 24.1 Å². The van der Waals surface area contributed by atoms with Gasteiger partial charge in [-0.05, 0) is 18.6 Å². The van der Waals surface area contributed by atoms with Crippen LogP contribution in [0.25, 0.3) is 11.0 Å². The smallest absolute Gasteiger partial charge is 0.164 e. The summed E-state index contributed by atoms with van der Waals surface area (Å²) in [5, 5.41) is 3.55. The number of rotatable bonds is 4. The molecule has 0 radical (unpaired) electrons. The van der Waals surface area contributed by atoms with Crippen LogP contribution in [0.5, 0.6) is 0 Å². The van der Waals surface area contributed by atoms with Crippen molar-refractivity contribution in [3.63, 3.8) is 0 Å². The third-order valence-corrected chi connectivity index (χ3v) is 6.69. The van der Waals surface area contributed by atoms with Crippen molar-refractivity contribution in [2.45, 2.75) is 17.2 Å². The van der Waals surface area contributed by atoms with Crippen LogP contribution in [0.1, 0.15) is 12.0 Å². The second-order valence-corrected chi connectivity index (χ2v) is 8.89. The molecule has 1 aromatic carbocycles. The molecule has 1 aliphatic carbocycles. The molecule has 30 heavy (non-hydrogen) atoms. The summed E-state index contributed by atoms with van der Waals surface area (Å²) in [5.74, 6) is -2.23. The molecule has 154 valence electrons. The van der Waals surface area contributed by atoms with Gasteiger partial charge in [-0.25, -0.2) is 33.1 Å². The third-order valence-electron chi connectivity index (χ3n) is 5.33. The molecule has 0 unspecified atom stereocenters. The summed E-state index contributed by atoms with van der Waals surface area (Å²) >= 11 is 7.28. The van der Waals surface area contributed by atoms with Crippen molar-refractivity contribution in [2.75, 3.05) is 12.0 Å². The standard InChI is InChI=1S/C19H14ClF3N6S/c20-8-1-13-16(25-5-8)17(27-7-26-13)28-9-2-11(15(23)12(22)3-9)19(6-21)10-4-14(10)30-18(24)29-19/h1-3,5,7,10,14H,4,6H2,(H2,24,29)(H,26,27,28)/t10-,14+,19+/m1/s1. The molecule has 1 saturated carbocycles. The molecule has 2 aromatic heterocycles. The number of aromatic nitrogens is 3. The zero-order chi connectivity index (χ0) is 21.0. The molecule has 0 saturated heterocycles. The first kappa shape index (κ1) is 19.4. The number of anilines is 2. The molecule has 5 rings (SSSR count). The van der Waals surface area contributed by atoms with Crippen molar-refractivity contribution in [1.82, 2.24) is 15.0 Å². The number of thioether (sulfide) groups is 1. The number of fused-ring (bicyclic) bond motifs is 2. The van der Waals surface area contributed by atoms with Crippen molar-refractivity contribution >= 4 is 51.1 Å². The third kappa shape index (κ3) is 3.05. The lowest BCUT2D eigenvalue weighted by molar-refractivity contribution is 0.269. The minimum Gasteiger partial charge on any atom is -0.379 e. The number of hydrogen-bond acceptors (Lipinski definition) is 7. The SMILES string of the molecule is NC1=N[C@](CF)(c2cc(Nc3ncnc4cc(Cl)cnc34)cc(F)c2F)[C@@H]2C[C@@H]2S1. The van der Waals surface area contributed by atoms with E-state index in [2.05, 4.69) is 25.3 Å². The molecular weight excluding hydrogens is 437 g/mol. The predicted molar refractivity (Wildman–Crippen MR) is 111 cm³/mol. The van der Waals surface area contributed by atoms with Crippen molar-refractivity contribution < 1.29 is 13.2 Å². The van der Waals surface area contributed by atoms with E-state index in [1.165, 1.54) is 30.4 Å². The highest BCUT2D eigenvalue weighted by atomic mass is 35.5. The number of nitrogens with zero attached hydrogens (tertiary/aromatic N) is 4. The van der Waals surface area contributed by atoms with Gasteiger partial charge >= 0.3 is 0 Å². The summed E-state index contributed by atoms with van der Waals surface area (Å²) in [4.78, 5) is 16.7. The first-order chi connectivity index (χ1) is 14.4. The molecule has 1 aliphatic heterocycles. The Labute approximate surface area is 178 Å². The first-order valence-corrected chi connectivity index (χ1v) is 10.3. The molecule has 6 nitrogen and oxygen atoms in total. The van der Waals surface area contributed by atoms with E-state index in [0.717, 1.165) is 6.07 Å². The van der Waals surface area contributed by atoms with Gasteiger partial charge in [0, 0.05) is 34.7 Å². The van der Waals surface area contributed by atoms with E-state index in [4.69, 9.17) is 17.3 Å². The topological polar surface area (TPSA) is 89.1 Å². The van der Waals surface area contributed by atoms with E-state index < -0.39 is 23.8 Å². The van der Waals surface area contributed by atoms with Gasteiger partial charge in [-0.2, -0.15) is 0 Å². The summed E-state index contributed by atoms with van der Waals surface area (Å²) in [6.45, 7) is -0.980. The maximum Gasteiger partial charge on any atom is 0.164 e. The molecule has 0 bridgehead atoms. The average Bonchev–Trinajstić information content (AvgIpc) is 3.49. The quantitative estimate of drug-likeness (QED) is 0.615. The van der Waals surface area contributed by atoms with E-state index in [1.54, 1.807) is 6.07 Å². The lowest BCUT2D eigenvalue weighted by atomic mass is 9.85. The summed E-state index contributed by atoms with van der Waals surface area (Å²) in [7, 11) is 0. The summed E-state index contributed by atoms with van der Waals surface area (Å²) in [6.07, 6.45) is 3.36. The van der Waals surface area contributed by atoms with Crippen LogP contribution < -0.4 is 11.1 Å². The molecular formula is C19H14ClF3N6S. The van der Waals surface area contributed by atoms with Crippen molar-refractivity contribution in [1.29, 1.82) is 0 Å². The number of halogens is 4. The number of benzene rings is 1. The van der Waals surface area contributed by atoms with Gasteiger partial charge in [-0.1, -0.05) is 23.4 Å². The lowest BCUT2D eigenvalue weighted by Crippen LogP contribution is -2.37. The largest absolute Gasteiger partial charge is 0.379 e. The van der Waals surface area contributed by atoms with Gasteiger partial charge in [0.25, 0.3) is 0 Å². The Bertz CT molecular complexity index is 1210. The van der Waals surface area contributed by atoms with Crippen LogP contribution in [-0.2, 0) is 5.54 Å². The Morgan fingerprint density at radius 3 is 2.87 bits per heavy atom. The maximum absolute atomic E-state index is 14.8. The van der Waals surface area contributed by atoms with Gasteiger partial charge in [0.15, 0.2) is 22.6 Å². The van der Waals surface area contributed by atoms with Gasteiger partial charge in [-0.15, -0.1) is 0 Å². The molecule has 3 N–H and O–H groups in total. The van der Waals surface area contributed by atoms with Crippen molar-refractivity contribution in [3.8, 4) is 0 Å². The highest BCUT2D eigenvalue weighted by Crippen LogP contribution is 2.58. The molecule has 0 amide bonds. The number of amidine groups is 1. The van der Waals surface area contributed by atoms with Crippen LogP contribution in [0.4, 0.5) is 24.7 Å². The predicted octanol–water partition coefficient (Wildman–Crippen LogP) is 4.31. The van der Waals surface area contributed by atoms with Crippen molar-refractivity contribution in [3.05, 3.63) is 52.9 Å². The summed E-state index contributed by atoms with van der Waals surface area (Å²) in [6, 6.07) is 3.93. The highest BCUT2D eigenvalue weighted by molar-refractivity contribution is 8.14. The minimum atomic E-state index is -1.54. The Hall–Kier alpha value is -2.59. The Balaban J connectivity index is 1.61. The van der Waals surface area contributed by atoms with E-state index >= 15 is 0 Å². The average molecular weight is 451 g/mol.